The van der Waals surface area contributed by atoms with Crippen molar-refractivity contribution in [2.45, 2.75) is 17.4 Å². The zero-order valence-electron chi connectivity index (χ0n) is 3.58. The average molecular weight is 75.1 g/mol. The first-order chi connectivity index (χ1) is 1.73. The van der Waals surface area contributed by atoms with Crippen molar-refractivity contribution in [2.75, 3.05) is 0 Å². The molecule has 0 heterocycles. The highest BCUT2D eigenvalue weighted by Crippen LogP contribution is 1.68. The monoisotopic (exact) mass is 75.1 g/mol. The Labute approximate surface area is 32.2 Å². The van der Waals surface area contributed by atoms with Crippen LogP contribution in [0.4, 0.5) is 0 Å². The van der Waals surface area contributed by atoms with E-state index in [2.05, 4.69) is 17.4 Å². The Kier molecular flexibility index (Phi) is 2.06. The van der Waals surface area contributed by atoms with Gasteiger partial charge in [0.05, 0.1) is 0 Å². The van der Waals surface area contributed by atoms with Crippen LogP contribution in [0.5, 0.6) is 0 Å². The Morgan fingerprint density at radius 1 is 1.00 bits per heavy atom. The zero-order chi connectivity index (χ0) is 3.58. The third kappa shape index (κ3) is 21.0. The van der Waals surface area contributed by atoms with Crippen LogP contribution < -0.4 is 0 Å². The van der Waals surface area contributed by atoms with Crippen LogP contribution in [0.15, 0.2) is 0 Å². The lowest BCUT2D eigenvalue weighted by atomic mass is 12.8. The molecule has 0 aliphatic rings. The number of hydrogen-bond donors (Lipinski definition) is 0. The van der Waals surface area contributed by atoms with E-state index in [0.29, 0.717) is 0 Å². The van der Waals surface area contributed by atoms with E-state index in [9.17, 15) is 0 Å². The maximum absolute atomic E-state index is 2.31. The molecule has 24 valence electrons. The Morgan fingerprint density at radius 3 is 1.00 bits per heavy atom. The molecule has 0 bridgehead atoms. The van der Waals surface area contributed by atoms with Crippen molar-refractivity contribution in [1.82, 2.24) is 0 Å². The molecule has 4 heavy (non-hydrogen) atoms. The van der Waals surface area contributed by atoms with Crippen molar-refractivity contribution in [3.05, 3.63) is 0 Å². The van der Waals surface area contributed by atoms with E-state index in [0.717, 1.165) is 0 Å². The van der Waals surface area contributed by atoms with Gasteiger partial charge < -0.3 is 0 Å². The van der Waals surface area contributed by atoms with Gasteiger partial charge in [0.1, 0.15) is 0 Å². The Bertz CT molecular complexity index is 8.00. The van der Waals surface area contributed by atoms with Crippen LogP contribution in [0.1, 0.15) is 0 Å². The SMILES string of the molecule is [13CH3][Al]([13CH3])[13CH3]. The second-order valence-electron chi connectivity index (χ2n) is 1.73. The van der Waals surface area contributed by atoms with Crippen LogP contribution in [0.3, 0.4) is 0 Å². The fourth-order valence-electron chi connectivity index (χ4n) is 0. The molecule has 0 saturated carbocycles. The van der Waals surface area contributed by atoms with Gasteiger partial charge in [-0.1, -0.05) is 0 Å². The van der Waals surface area contributed by atoms with Gasteiger partial charge in [0.25, 0.3) is 14.1 Å². The van der Waals surface area contributed by atoms with E-state index < -0.39 is 0 Å². The minimum absolute atomic E-state index is 0.139. The predicted octanol–water partition coefficient (Wildman–Crippen LogP) is 1.37. The smallest absolute Gasteiger partial charge is 0.106 e. The molecular weight excluding hydrogens is 66.0 g/mol. The first kappa shape index (κ1) is 4.53. The molecule has 0 unspecified atom stereocenters. The molecule has 0 aliphatic heterocycles. The molecular formula is C3H9Al. The van der Waals surface area contributed by atoms with Crippen LogP contribution in [-0.2, 0) is 0 Å². The standard InChI is InChI=1S/3CH3.Al/h3*1H3;/i3*1+1;. The van der Waals surface area contributed by atoms with E-state index in [1.54, 1.807) is 0 Å². The van der Waals surface area contributed by atoms with Crippen molar-refractivity contribution in [2.24, 2.45) is 0 Å². The maximum Gasteiger partial charge on any atom is 0.251 e. The van der Waals surface area contributed by atoms with Crippen LogP contribution >= 0.6 is 0 Å². The molecule has 0 aliphatic carbocycles. The van der Waals surface area contributed by atoms with Gasteiger partial charge in [0.2, 0.25) is 0 Å². The fourth-order valence-corrected chi connectivity index (χ4v) is 0. The minimum atomic E-state index is -0.139. The molecule has 1 heteroatoms. The van der Waals surface area contributed by atoms with Crippen LogP contribution in [0.2, 0.25) is 17.4 Å². The highest BCUT2D eigenvalue weighted by molar-refractivity contribution is 6.54. The Balaban J connectivity index is 2.32. The summed E-state index contributed by atoms with van der Waals surface area (Å²) in [6, 6.07) is 0. The van der Waals surface area contributed by atoms with Gasteiger partial charge >= 0.3 is 0 Å². The molecule has 0 nitrogen and oxygen atoms in total. The van der Waals surface area contributed by atoms with E-state index in [-0.39, 0.29) is 14.1 Å². The minimum Gasteiger partial charge on any atom is -0.106 e. The summed E-state index contributed by atoms with van der Waals surface area (Å²) in [6.45, 7) is 0. The van der Waals surface area contributed by atoms with Crippen LogP contribution in [0, 0.1) is 0 Å². The van der Waals surface area contributed by atoms with Gasteiger partial charge in [-0.25, -0.2) is 0 Å². The first-order valence-corrected chi connectivity index (χ1v) is 5.20. The summed E-state index contributed by atoms with van der Waals surface area (Å²) >= 11 is -0.139. The van der Waals surface area contributed by atoms with Gasteiger partial charge in [-0.15, -0.1) is 17.4 Å². The Morgan fingerprint density at radius 2 is 1.00 bits per heavy atom. The fraction of sp³-hybridized carbons (Fsp3) is 1.00. The topological polar surface area (TPSA) is 0 Å². The largest absolute Gasteiger partial charge is 0.251 e. The van der Waals surface area contributed by atoms with Crippen molar-refractivity contribution in [3.8, 4) is 0 Å². The first-order valence-electron chi connectivity index (χ1n) is 1.73. The summed E-state index contributed by atoms with van der Waals surface area (Å²) in [4.78, 5) is 0. The molecule has 0 aromatic heterocycles. The van der Waals surface area contributed by atoms with Gasteiger partial charge in [-0.05, 0) is 0 Å². The third-order valence-electron chi connectivity index (χ3n) is 0. The van der Waals surface area contributed by atoms with Crippen molar-refractivity contribution >= 4 is 14.1 Å². The lowest BCUT2D eigenvalue weighted by molar-refractivity contribution is 1.91. The van der Waals surface area contributed by atoms with Gasteiger partial charge in [0.15, 0.2) is 0 Å². The molecule has 0 fully saturated rings. The van der Waals surface area contributed by atoms with E-state index in [1.165, 1.54) is 0 Å². The third-order valence-corrected chi connectivity index (χ3v) is 0. The van der Waals surface area contributed by atoms with Crippen molar-refractivity contribution in [1.29, 1.82) is 0 Å². The highest BCUT2D eigenvalue weighted by Gasteiger charge is 1.81. The molecule has 0 amide bonds. The lowest BCUT2D eigenvalue weighted by Crippen LogP contribution is -1.84. The zero-order valence-corrected chi connectivity index (χ0v) is 4.73. The summed E-state index contributed by atoms with van der Waals surface area (Å²) in [5.74, 6) is 6.92. The lowest BCUT2D eigenvalue weighted by Gasteiger charge is -1.67. The molecule has 0 aromatic rings. The number of rotatable bonds is 0. The van der Waals surface area contributed by atoms with Gasteiger partial charge in [0, 0.05) is 0 Å². The highest BCUT2D eigenvalue weighted by atomic mass is 27.2. The maximum atomic E-state index is 2.31. The molecule has 0 aromatic carbocycles. The molecule has 0 rings (SSSR count). The van der Waals surface area contributed by atoms with Crippen LogP contribution in [-0.4, -0.2) is 14.1 Å². The summed E-state index contributed by atoms with van der Waals surface area (Å²) in [6.07, 6.45) is 0. The molecule has 0 radical (unpaired) electrons. The molecule has 0 N–H and O–H groups in total. The molecule has 0 spiro atoms. The second kappa shape index (κ2) is 1.82. The normalized spacial score (nSPS) is 6.75. The van der Waals surface area contributed by atoms with Crippen molar-refractivity contribution < 1.29 is 0 Å². The van der Waals surface area contributed by atoms with Gasteiger partial charge in [-0.2, -0.15) is 0 Å². The predicted molar refractivity (Wildman–Crippen MR) is 23.3 cm³/mol. The summed E-state index contributed by atoms with van der Waals surface area (Å²) in [5.41, 5.74) is 0. The molecule has 0 saturated heterocycles. The van der Waals surface area contributed by atoms with Gasteiger partial charge in [-0.3, -0.25) is 0 Å². The summed E-state index contributed by atoms with van der Waals surface area (Å²) in [5, 5.41) is 0. The number of hydrogen-bond acceptors (Lipinski definition) is 0. The van der Waals surface area contributed by atoms with E-state index in [4.69, 9.17) is 0 Å². The quantitative estimate of drug-likeness (QED) is 0.301. The van der Waals surface area contributed by atoms with Crippen LogP contribution in [0.25, 0.3) is 0 Å². The average Bonchev–Trinajstić information content (AvgIpc) is 0.811. The Hall–Kier alpha value is 0.532. The van der Waals surface area contributed by atoms with Crippen molar-refractivity contribution in [3.63, 3.8) is 0 Å². The van der Waals surface area contributed by atoms with E-state index >= 15 is 0 Å². The van der Waals surface area contributed by atoms with E-state index in [1.807, 2.05) is 0 Å². The summed E-state index contributed by atoms with van der Waals surface area (Å²) in [7, 11) is 0. The molecule has 0 atom stereocenters. The summed E-state index contributed by atoms with van der Waals surface area (Å²) < 4.78 is 0. The second-order valence-corrected chi connectivity index (χ2v) is 5.20.